The van der Waals surface area contributed by atoms with Gasteiger partial charge in [0.15, 0.2) is 0 Å². The predicted molar refractivity (Wildman–Crippen MR) is 48.2 cm³/mol. The summed E-state index contributed by atoms with van der Waals surface area (Å²) in [6.45, 7) is 2.50. The van der Waals surface area contributed by atoms with E-state index in [1.807, 2.05) is 14.0 Å². The van der Waals surface area contributed by atoms with E-state index in [9.17, 15) is 4.79 Å². The van der Waals surface area contributed by atoms with Gasteiger partial charge in [0.05, 0.1) is 6.20 Å². The lowest BCUT2D eigenvalue weighted by molar-refractivity contribution is -0.119. The summed E-state index contributed by atoms with van der Waals surface area (Å²) in [6, 6.07) is 0. The summed E-state index contributed by atoms with van der Waals surface area (Å²) in [5.74, 6) is -0.113. The van der Waals surface area contributed by atoms with E-state index in [-0.39, 0.29) is 11.8 Å². The molecule has 1 heterocycles. The Morgan fingerprint density at radius 3 is 3.08 bits per heavy atom. The van der Waals surface area contributed by atoms with Crippen molar-refractivity contribution < 1.29 is 9.32 Å². The molecule has 5 nitrogen and oxygen atoms in total. The number of amides is 1. The highest BCUT2D eigenvalue weighted by Gasteiger charge is 2.12. The third kappa shape index (κ3) is 2.87. The van der Waals surface area contributed by atoms with E-state index in [2.05, 4.69) is 20.3 Å². The van der Waals surface area contributed by atoms with Gasteiger partial charge in [0.1, 0.15) is 12.0 Å². The molecule has 0 fully saturated rings. The summed E-state index contributed by atoms with van der Waals surface area (Å²) in [5.41, 5.74) is 0.591. The highest BCUT2D eigenvalue weighted by Crippen LogP contribution is 2.05. The molecule has 1 rings (SSSR count). The van der Waals surface area contributed by atoms with E-state index in [4.69, 9.17) is 0 Å². The first kappa shape index (κ1) is 9.73. The molecule has 0 aliphatic carbocycles. The van der Waals surface area contributed by atoms with Crippen molar-refractivity contribution in [3.05, 3.63) is 12.5 Å². The Hall–Kier alpha value is -1.36. The van der Waals surface area contributed by atoms with E-state index >= 15 is 0 Å². The monoisotopic (exact) mass is 183 g/mol. The van der Waals surface area contributed by atoms with Crippen LogP contribution in [0, 0.1) is 5.92 Å². The molecule has 13 heavy (non-hydrogen) atoms. The molecule has 5 heteroatoms. The Balaban J connectivity index is 2.41. The molecule has 0 radical (unpaired) electrons. The quantitative estimate of drug-likeness (QED) is 0.712. The maximum absolute atomic E-state index is 11.4. The van der Waals surface area contributed by atoms with Crippen LogP contribution in [0.2, 0.25) is 0 Å². The second kappa shape index (κ2) is 4.61. The third-order valence-corrected chi connectivity index (χ3v) is 1.66. The number of hydrogen-bond acceptors (Lipinski definition) is 4. The fraction of sp³-hybridized carbons (Fsp3) is 0.500. The fourth-order valence-electron chi connectivity index (χ4n) is 0.931. The van der Waals surface area contributed by atoms with Crippen molar-refractivity contribution in [2.45, 2.75) is 6.92 Å². The number of aromatic nitrogens is 1. The number of anilines is 1. The van der Waals surface area contributed by atoms with Gasteiger partial charge in [-0.05, 0) is 7.05 Å². The maximum Gasteiger partial charge on any atom is 0.228 e. The van der Waals surface area contributed by atoms with E-state index in [1.54, 1.807) is 0 Å². The van der Waals surface area contributed by atoms with E-state index < -0.39 is 0 Å². The zero-order valence-electron chi connectivity index (χ0n) is 7.70. The molecular formula is C8H13N3O2. The Bertz CT molecular complexity index is 258. The van der Waals surface area contributed by atoms with Crippen LogP contribution in [0.5, 0.6) is 0 Å². The van der Waals surface area contributed by atoms with Gasteiger partial charge in [-0.25, -0.2) is 0 Å². The summed E-state index contributed by atoms with van der Waals surface area (Å²) in [4.78, 5) is 11.4. The lowest BCUT2D eigenvalue weighted by Gasteiger charge is -2.09. The zero-order chi connectivity index (χ0) is 9.68. The van der Waals surface area contributed by atoms with Crippen LogP contribution in [0.4, 0.5) is 5.69 Å². The van der Waals surface area contributed by atoms with E-state index in [0.717, 1.165) is 0 Å². The van der Waals surface area contributed by atoms with Gasteiger partial charge in [-0.15, -0.1) is 0 Å². The third-order valence-electron chi connectivity index (χ3n) is 1.66. The summed E-state index contributed by atoms with van der Waals surface area (Å²) >= 11 is 0. The van der Waals surface area contributed by atoms with Gasteiger partial charge in [-0.1, -0.05) is 12.1 Å². The van der Waals surface area contributed by atoms with Gasteiger partial charge in [0.25, 0.3) is 0 Å². The SMILES string of the molecule is CNCC(C)C(=O)Nc1cnoc1. The van der Waals surface area contributed by atoms with Crippen LogP contribution in [-0.2, 0) is 4.79 Å². The van der Waals surface area contributed by atoms with Gasteiger partial charge in [0, 0.05) is 12.5 Å². The largest absolute Gasteiger partial charge is 0.363 e. The maximum atomic E-state index is 11.4. The standard InChI is InChI=1S/C8H13N3O2/c1-6(3-9-2)8(12)11-7-4-10-13-5-7/h4-6,9H,3H2,1-2H3,(H,11,12). The Morgan fingerprint density at radius 2 is 2.54 bits per heavy atom. The Kier molecular flexibility index (Phi) is 3.45. The molecular weight excluding hydrogens is 170 g/mol. The molecule has 1 amide bonds. The molecule has 0 aliphatic rings. The molecule has 2 N–H and O–H groups in total. The number of carbonyl (C=O) groups is 1. The van der Waals surface area contributed by atoms with Crippen molar-refractivity contribution in [2.75, 3.05) is 18.9 Å². The average molecular weight is 183 g/mol. The van der Waals surface area contributed by atoms with E-state index in [1.165, 1.54) is 12.5 Å². The van der Waals surface area contributed by atoms with Crippen LogP contribution in [0.3, 0.4) is 0 Å². The van der Waals surface area contributed by atoms with Gasteiger partial charge in [-0.3, -0.25) is 4.79 Å². The first-order chi connectivity index (χ1) is 6.24. The topological polar surface area (TPSA) is 67.2 Å². The fourth-order valence-corrected chi connectivity index (χ4v) is 0.931. The van der Waals surface area contributed by atoms with Crippen LogP contribution >= 0.6 is 0 Å². The summed E-state index contributed by atoms with van der Waals surface area (Å²) in [5, 5.41) is 9.07. The van der Waals surface area contributed by atoms with Gasteiger partial charge in [0.2, 0.25) is 5.91 Å². The summed E-state index contributed by atoms with van der Waals surface area (Å²) < 4.78 is 4.57. The van der Waals surface area contributed by atoms with Crippen molar-refractivity contribution in [1.82, 2.24) is 10.5 Å². The molecule has 0 aliphatic heterocycles. The first-order valence-electron chi connectivity index (χ1n) is 4.09. The molecule has 72 valence electrons. The van der Waals surface area contributed by atoms with Crippen molar-refractivity contribution >= 4 is 11.6 Å². The van der Waals surface area contributed by atoms with Crippen LogP contribution in [-0.4, -0.2) is 24.7 Å². The van der Waals surface area contributed by atoms with Crippen molar-refractivity contribution in [3.63, 3.8) is 0 Å². The number of nitrogens with zero attached hydrogens (tertiary/aromatic N) is 1. The second-order valence-electron chi connectivity index (χ2n) is 2.86. The van der Waals surface area contributed by atoms with Gasteiger partial charge < -0.3 is 15.2 Å². The second-order valence-corrected chi connectivity index (χ2v) is 2.86. The van der Waals surface area contributed by atoms with Gasteiger partial charge >= 0.3 is 0 Å². The summed E-state index contributed by atoms with van der Waals surface area (Å²) in [7, 11) is 1.81. The highest BCUT2D eigenvalue weighted by atomic mass is 16.5. The van der Waals surface area contributed by atoms with Crippen LogP contribution in [0.1, 0.15) is 6.92 Å². The molecule has 1 aromatic rings. The number of rotatable bonds is 4. The Labute approximate surface area is 76.5 Å². The molecule has 0 bridgehead atoms. The molecule has 0 aromatic carbocycles. The van der Waals surface area contributed by atoms with Crippen LogP contribution in [0.15, 0.2) is 17.0 Å². The number of carbonyl (C=O) groups excluding carboxylic acids is 1. The van der Waals surface area contributed by atoms with Crippen molar-refractivity contribution in [3.8, 4) is 0 Å². The van der Waals surface area contributed by atoms with Crippen molar-refractivity contribution in [1.29, 1.82) is 0 Å². The minimum atomic E-state index is -0.0695. The molecule has 0 saturated carbocycles. The normalized spacial score (nSPS) is 12.5. The molecule has 1 unspecified atom stereocenters. The minimum Gasteiger partial charge on any atom is -0.363 e. The molecule has 0 saturated heterocycles. The summed E-state index contributed by atoms with van der Waals surface area (Å²) in [6.07, 6.45) is 2.86. The first-order valence-corrected chi connectivity index (χ1v) is 4.09. The average Bonchev–Trinajstić information content (AvgIpc) is 2.57. The van der Waals surface area contributed by atoms with Crippen LogP contribution < -0.4 is 10.6 Å². The zero-order valence-corrected chi connectivity index (χ0v) is 7.70. The number of nitrogens with one attached hydrogen (secondary N) is 2. The predicted octanol–water partition coefficient (Wildman–Crippen LogP) is 0.469. The van der Waals surface area contributed by atoms with Gasteiger partial charge in [-0.2, -0.15) is 0 Å². The van der Waals surface area contributed by atoms with E-state index in [0.29, 0.717) is 12.2 Å². The molecule has 1 atom stereocenters. The minimum absolute atomic E-state index is 0.0439. The van der Waals surface area contributed by atoms with Crippen molar-refractivity contribution in [2.24, 2.45) is 5.92 Å². The number of hydrogen-bond donors (Lipinski definition) is 2. The van der Waals surface area contributed by atoms with Crippen LogP contribution in [0.25, 0.3) is 0 Å². The Morgan fingerprint density at radius 1 is 1.77 bits per heavy atom. The lowest BCUT2D eigenvalue weighted by Crippen LogP contribution is -2.28. The smallest absolute Gasteiger partial charge is 0.228 e. The highest BCUT2D eigenvalue weighted by molar-refractivity contribution is 5.92. The molecule has 1 aromatic heterocycles. The lowest BCUT2D eigenvalue weighted by atomic mass is 10.1. The molecule has 0 spiro atoms.